The zero-order chi connectivity index (χ0) is 16.4. The van der Waals surface area contributed by atoms with E-state index in [-0.39, 0.29) is 0 Å². The molecule has 0 radical (unpaired) electrons. The molecule has 2 heterocycles. The van der Waals surface area contributed by atoms with Gasteiger partial charge in [0.2, 0.25) is 0 Å². The second kappa shape index (κ2) is 7.05. The average Bonchev–Trinajstić information content (AvgIpc) is 3.01. The van der Waals surface area contributed by atoms with Crippen molar-refractivity contribution in [3.8, 4) is 10.9 Å². The number of aryl methyl sites for hydroxylation is 1. The minimum absolute atomic E-state index is 0.385. The van der Waals surface area contributed by atoms with Crippen molar-refractivity contribution in [2.24, 2.45) is 5.73 Å². The normalized spacial score (nSPS) is 18.5. The standard InChI is InChI=1S/C19H23N3OS/c20-15-9-11-22(12-10-15)13-14-5-7-16(8-6-14)23-19-21-17-3-1-2-4-18(17)24-19/h1,3,5-8,15H,2,4,9-13,20H2. The van der Waals surface area contributed by atoms with Crippen molar-refractivity contribution >= 4 is 17.4 Å². The third-order valence-corrected chi connectivity index (χ3v) is 5.70. The Morgan fingerprint density at radius 2 is 2.00 bits per heavy atom. The van der Waals surface area contributed by atoms with Crippen molar-refractivity contribution in [2.45, 2.75) is 38.3 Å². The second-order valence-electron chi connectivity index (χ2n) is 6.59. The van der Waals surface area contributed by atoms with Crippen LogP contribution in [0.1, 0.15) is 35.4 Å². The van der Waals surface area contributed by atoms with E-state index in [9.17, 15) is 0 Å². The Hall–Kier alpha value is -1.69. The van der Waals surface area contributed by atoms with Crippen molar-refractivity contribution in [3.63, 3.8) is 0 Å². The molecule has 0 amide bonds. The number of aromatic nitrogens is 1. The number of nitrogens with zero attached hydrogens (tertiary/aromatic N) is 2. The average molecular weight is 341 g/mol. The zero-order valence-corrected chi connectivity index (χ0v) is 14.6. The van der Waals surface area contributed by atoms with Gasteiger partial charge in [-0.15, -0.1) is 0 Å². The van der Waals surface area contributed by atoms with Crippen molar-refractivity contribution in [3.05, 3.63) is 46.5 Å². The molecule has 5 heteroatoms. The number of benzene rings is 1. The Morgan fingerprint density at radius 3 is 2.75 bits per heavy atom. The van der Waals surface area contributed by atoms with Crippen molar-refractivity contribution in [1.82, 2.24) is 9.88 Å². The molecule has 2 N–H and O–H groups in total. The van der Waals surface area contributed by atoms with E-state index < -0.39 is 0 Å². The largest absolute Gasteiger partial charge is 0.431 e. The van der Waals surface area contributed by atoms with Crippen LogP contribution >= 0.6 is 11.3 Å². The molecule has 1 aromatic carbocycles. The summed E-state index contributed by atoms with van der Waals surface area (Å²) in [5.74, 6) is 0.856. The number of piperidine rings is 1. The first-order valence-corrected chi connectivity index (χ1v) is 9.49. The fourth-order valence-electron chi connectivity index (χ4n) is 3.24. The molecule has 1 saturated heterocycles. The minimum Gasteiger partial charge on any atom is -0.431 e. The summed E-state index contributed by atoms with van der Waals surface area (Å²) >= 11 is 1.66. The maximum Gasteiger partial charge on any atom is 0.279 e. The fraction of sp³-hybridized carbons (Fsp3) is 0.421. The van der Waals surface area contributed by atoms with Crippen LogP contribution in [-0.2, 0) is 13.0 Å². The molecule has 1 aromatic heterocycles. The lowest BCUT2D eigenvalue weighted by Gasteiger charge is -2.30. The van der Waals surface area contributed by atoms with Gasteiger partial charge < -0.3 is 10.5 Å². The van der Waals surface area contributed by atoms with Gasteiger partial charge in [0.15, 0.2) is 0 Å². The van der Waals surface area contributed by atoms with Crippen molar-refractivity contribution < 1.29 is 4.74 Å². The summed E-state index contributed by atoms with van der Waals surface area (Å²) in [6.45, 7) is 3.18. The summed E-state index contributed by atoms with van der Waals surface area (Å²) < 4.78 is 5.93. The number of hydrogen-bond acceptors (Lipinski definition) is 5. The first-order valence-electron chi connectivity index (χ1n) is 8.67. The van der Waals surface area contributed by atoms with Crippen LogP contribution in [0, 0.1) is 0 Å². The highest BCUT2D eigenvalue weighted by Crippen LogP contribution is 2.33. The van der Waals surface area contributed by atoms with E-state index >= 15 is 0 Å². The maximum atomic E-state index is 5.97. The maximum absolute atomic E-state index is 5.97. The highest BCUT2D eigenvalue weighted by atomic mass is 32.1. The summed E-state index contributed by atoms with van der Waals surface area (Å²) in [6.07, 6.45) is 8.65. The second-order valence-corrected chi connectivity index (χ2v) is 7.63. The van der Waals surface area contributed by atoms with Gasteiger partial charge in [-0.05, 0) is 62.5 Å². The monoisotopic (exact) mass is 341 g/mol. The molecule has 24 heavy (non-hydrogen) atoms. The Kier molecular flexibility index (Phi) is 4.65. The Balaban J connectivity index is 1.37. The number of rotatable bonds is 4. The SMILES string of the molecule is NC1CCN(Cc2ccc(Oc3nc4c(s3)CCC=C4)cc2)CC1. The van der Waals surface area contributed by atoms with Crippen LogP contribution < -0.4 is 10.5 Å². The van der Waals surface area contributed by atoms with Crippen LogP contribution in [0.15, 0.2) is 30.3 Å². The highest BCUT2D eigenvalue weighted by molar-refractivity contribution is 7.13. The smallest absolute Gasteiger partial charge is 0.279 e. The first kappa shape index (κ1) is 15.8. The molecular formula is C19H23N3OS. The molecule has 126 valence electrons. The third-order valence-electron chi connectivity index (χ3n) is 4.69. The van der Waals surface area contributed by atoms with Gasteiger partial charge in [0.05, 0.1) is 5.69 Å². The summed E-state index contributed by atoms with van der Waals surface area (Å²) in [7, 11) is 0. The molecule has 0 unspecified atom stereocenters. The number of nitrogens with two attached hydrogens (primary N) is 1. The number of likely N-dealkylation sites (tertiary alicyclic amines) is 1. The molecule has 1 aliphatic heterocycles. The van der Waals surface area contributed by atoms with Crippen molar-refractivity contribution in [1.29, 1.82) is 0 Å². The van der Waals surface area contributed by atoms with Gasteiger partial charge in [-0.25, -0.2) is 4.98 Å². The van der Waals surface area contributed by atoms with E-state index in [1.165, 1.54) is 10.4 Å². The molecule has 0 spiro atoms. The van der Waals surface area contributed by atoms with Gasteiger partial charge in [-0.1, -0.05) is 29.5 Å². The number of hydrogen-bond donors (Lipinski definition) is 1. The zero-order valence-electron chi connectivity index (χ0n) is 13.8. The Morgan fingerprint density at radius 1 is 1.21 bits per heavy atom. The van der Waals surface area contributed by atoms with E-state index in [1.807, 2.05) is 12.1 Å². The number of thiazole rings is 1. The van der Waals surface area contributed by atoms with E-state index in [4.69, 9.17) is 10.5 Å². The molecule has 2 aromatic rings. The summed E-state index contributed by atoms with van der Waals surface area (Å²) in [6, 6.07) is 8.77. The molecule has 0 saturated carbocycles. The fourth-order valence-corrected chi connectivity index (χ4v) is 4.17. The van der Waals surface area contributed by atoms with Gasteiger partial charge in [0.1, 0.15) is 5.75 Å². The van der Waals surface area contributed by atoms with Gasteiger partial charge in [0.25, 0.3) is 5.19 Å². The van der Waals surface area contributed by atoms with Gasteiger partial charge in [-0.2, -0.15) is 0 Å². The van der Waals surface area contributed by atoms with Crippen molar-refractivity contribution in [2.75, 3.05) is 13.1 Å². The van der Waals surface area contributed by atoms with Gasteiger partial charge in [0, 0.05) is 17.5 Å². The quantitative estimate of drug-likeness (QED) is 0.918. The molecule has 2 aliphatic rings. The van der Waals surface area contributed by atoms with E-state index in [0.717, 1.165) is 62.0 Å². The topological polar surface area (TPSA) is 51.4 Å². The molecule has 1 fully saturated rings. The van der Waals surface area contributed by atoms with Crippen LogP contribution in [0.25, 0.3) is 6.08 Å². The summed E-state index contributed by atoms with van der Waals surface area (Å²) in [4.78, 5) is 8.36. The van der Waals surface area contributed by atoms with E-state index in [0.29, 0.717) is 6.04 Å². The molecule has 4 rings (SSSR count). The first-order chi connectivity index (χ1) is 11.8. The lowest BCUT2D eigenvalue weighted by atomic mass is 10.1. The predicted octanol–water partition coefficient (Wildman–Crippen LogP) is 3.82. The Labute approximate surface area is 147 Å². The lowest BCUT2D eigenvalue weighted by molar-refractivity contribution is 0.205. The lowest BCUT2D eigenvalue weighted by Crippen LogP contribution is -2.39. The van der Waals surface area contributed by atoms with Crippen LogP contribution in [0.2, 0.25) is 0 Å². The number of fused-ring (bicyclic) bond motifs is 1. The molecule has 0 atom stereocenters. The van der Waals surface area contributed by atoms with Crippen LogP contribution in [-0.4, -0.2) is 29.0 Å². The number of allylic oxidation sites excluding steroid dienone is 1. The predicted molar refractivity (Wildman–Crippen MR) is 98.5 cm³/mol. The minimum atomic E-state index is 0.385. The van der Waals surface area contributed by atoms with Crippen LogP contribution in [0.3, 0.4) is 0 Å². The highest BCUT2D eigenvalue weighted by Gasteiger charge is 2.16. The van der Waals surface area contributed by atoms with E-state index in [2.05, 4.69) is 34.2 Å². The molecule has 1 aliphatic carbocycles. The summed E-state index contributed by atoms with van der Waals surface area (Å²) in [5, 5.41) is 0.740. The summed E-state index contributed by atoms with van der Waals surface area (Å²) in [5.41, 5.74) is 8.36. The number of ether oxygens (including phenoxy) is 1. The third kappa shape index (κ3) is 3.69. The molecule has 4 nitrogen and oxygen atoms in total. The van der Waals surface area contributed by atoms with Crippen LogP contribution in [0.5, 0.6) is 10.9 Å². The molecule has 0 bridgehead atoms. The Bertz CT molecular complexity index is 715. The van der Waals surface area contributed by atoms with Gasteiger partial charge in [-0.3, -0.25) is 4.90 Å². The molecular weight excluding hydrogens is 318 g/mol. The van der Waals surface area contributed by atoms with E-state index in [1.54, 1.807) is 11.3 Å². The van der Waals surface area contributed by atoms with Gasteiger partial charge >= 0.3 is 0 Å². The van der Waals surface area contributed by atoms with Crippen LogP contribution in [0.4, 0.5) is 0 Å².